The minimum absolute atomic E-state index is 0.0761. The topological polar surface area (TPSA) is 130 Å². The fourth-order valence-electron chi connectivity index (χ4n) is 6.05. The van der Waals surface area contributed by atoms with Gasteiger partial charge in [-0.1, -0.05) is 13.8 Å². The van der Waals surface area contributed by atoms with E-state index in [1.807, 2.05) is 13.8 Å². The molecule has 28 heavy (non-hydrogen) atoms. The summed E-state index contributed by atoms with van der Waals surface area (Å²) in [6.07, 6.45) is 3.08. The van der Waals surface area contributed by atoms with Crippen molar-refractivity contribution in [3.63, 3.8) is 0 Å². The third kappa shape index (κ3) is 2.76. The number of rotatable bonds is 8. The third-order valence-corrected chi connectivity index (χ3v) is 7.82. The number of nitrogens with one attached hydrogen (secondary N) is 3. The first kappa shape index (κ1) is 19.4. The maximum absolute atomic E-state index is 13.3. The number of nitrogens with two attached hydrogens (primary N) is 1. The Labute approximate surface area is 164 Å². The van der Waals surface area contributed by atoms with E-state index in [1.54, 1.807) is 0 Å². The van der Waals surface area contributed by atoms with Crippen molar-refractivity contribution < 1.29 is 19.2 Å². The van der Waals surface area contributed by atoms with Crippen LogP contribution in [0.15, 0.2) is 0 Å². The number of Topliss-reactive ketones (excluding diaryl/α,β-unsaturated/α-hetero) is 1. The monoisotopic (exact) mass is 390 g/mol. The van der Waals surface area contributed by atoms with E-state index in [0.29, 0.717) is 32.0 Å². The maximum Gasteiger partial charge on any atom is 0.287 e. The molecule has 0 aromatic rings. The van der Waals surface area contributed by atoms with Gasteiger partial charge in [-0.2, -0.15) is 0 Å². The van der Waals surface area contributed by atoms with Crippen LogP contribution in [0, 0.1) is 34.5 Å². The fraction of sp³-hybridized carbons (Fsp3) is 0.800. The SMILES string of the molecule is CC1(C)C2CNC(C(N)=O)C21[C@H](C[C@H]1CCNC1=O)C(=O)C(=O)NCC1CC1. The lowest BCUT2D eigenvalue weighted by Gasteiger charge is -2.34. The van der Waals surface area contributed by atoms with Crippen LogP contribution in [-0.2, 0) is 19.2 Å². The normalized spacial score (nSPS) is 36.4. The van der Waals surface area contributed by atoms with E-state index in [9.17, 15) is 19.2 Å². The minimum Gasteiger partial charge on any atom is -0.368 e. The van der Waals surface area contributed by atoms with Crippen LogP contribution in [0.2, 0.25) is 0 Å². The Morgan fingerprint density at radius 2 is 1.96 bits per heavy atom. The van der Waals surface area contributed by atoms with E-state index in [0.717, 1.165) is 12.8 Å². The largest absolute Gasteiger partial charge is 0.368 e. The molecule has 5 atom stereocenters. The van der Waals surface area contributed by atoms with Gasteiger partial charge < -0.3 is 21.7 Å². The van der Waals surface area contributed by atoms with Crippen LogP contribution in [0.5, 0.6) is 0 Å². The zero-order valence-corrected chi connectivity index (χ0v) is 16.5. The van der Waals surface area contributed by atoms with Gasteiger partial charge in [0.05, 0.1) is 6.04 Å². The molecule has 8 nitrogen and oxygen atoms in total. The van der Waals surface area contributed by atoms with E-state index >= 15 is 0 Å². The lowest BCUT2D eigenvalue weighted by atomic mass is 9.70. The Kier molecular flexibility index (Phi) is 4.52. The van der Waals surface area contributed by atoms with Crippen LogP contribution in [0.1, 0.15) is 39.5 Å². The summed E-state index contributed by atoms with van der Waals surface area (Å²) in [5.74, 6) is -2.16. The molecular formula is C20H30N4O4. The van der Waals surface area contributed by atoms with Gasteiger partial charge in [0.15, 0.2) is 0 Å². The second kappa shape index (κ2) is 6.54. The van der Waals surface area contributed by atoms with Gasteiger partial charge in [0.2, 0.25) is 17.6 Å². The first-order valence-corrected chi connectivity index (χ1v) is 10.3. The number of fused-ring (bicyclic) bond motifs is 1. The summed E-state index contributed by atoms with van der Waals surface area (Å²) in [7, 11) is 0. The van der Waals surface area contributed by atoms with Crippen LogP contribution in [0.25, 0.3) is 0 Å². The minimum atomic E-state index is -0.713. The molecule has 8 heteroatoms. The predicted molar refractivity (Wildman–Crippen MR) is 101 cm³/mol. The number of carbonyl (C=O) groups excluding carboxylic acids is 4. The zero-order chi connectivity index (χ0) is 20.3. The van der Waals surface area contributed by atoms with Crippen LogP contribution in [0.4, 0.5) is 0 Å². The molecule has 4 rings (SSSR count). The van der Waals surface area contributed by atoms with Gasteiger partial charge in [-0.3, -0.25) is 19.2 Å². The zero-order valence-electron chi connectivity index (χ0n) is 16.5. The molecule has 0 aromatic carbocycles. The van der Waals surface area contributed by atoms with Crippen molar-refractivity contribution >= 4 is 23.5 Å². The van der Waals surface area contributed by atoms with Gasteiger partial charge in [-0.25, -0.2) is 0 Å². The van der Waals surface area contributed by atoms with Crippen molar-refractivity contribution in [1.29, 1.82) is 0 Å². The summed E-state index contributed by atoms with van der Waals surface area (Å²) >= 11 is 0. The first-order chi connectivity index (χ1) is 13.2. The Balaban J connectivity index is 1.63. The lowest BCUT2D eigenvalue weighted by molar-refractivity contribution is -0.143. The van der Waals surface area contributed by atoms with Crippen LogP contribution >= 0.6 is 0 Å². The van der Waals surface area contributed by atoms with Gasteiger partial charge in [0.1, 0.15) is 0 Å². The summed E-state index contributed by atoms with van der Waals surface area (Å²) < 4.78 is 0. The van der Waals surface area contributed by atoms with Crippen molar-refractivity contribution in [2.75, 3.05) is 19.6 Å². The van der Waals surface area contributed by atoms with E-state index in [4.69, 9.17) is 5.73 Å². The highest BCUT2D eigenvalue weighted by Crippen LogP contribution is 2.77. The standard InChI is InChI=1S/C20H30N4O4/c1-19(2)13-9-23-15(16(21)26)20(13,19)12(7-11-5-6-22-17(11)27)14(25)18(28)24-8-10-3-4-10/h10-13,15,23H,3-9H2,1-2H3,(H2,21,26)(H,22,27)(H,24,28)/t11-,12-,13?,15?,20?/m1/s1. The van der Waals surface area contributed by atoms with E-state index in [1.165, 1.54) is 0 Å². The number of piperidine rings is 1. The molecule has 4 aliphatic rings. The molecule has 0 aromatic heterocycles. The molecule has 0 spiro atoms. The highest BCUT2D eigenvalue weighted by atomic mass is 16.2. The maximum atomic E-state index is 13.3. The predicted octanol–water partition coefficient (Wildman–Crippen LogP) is -0.676. The fourth-order valence-corrected chi connectivity index (χ4v) is 6.05. The Hall–Kier alpha value is -1.96. The number of amides is 3. The number of carbonyl (C=O) groups is 4. The summed E-state index contributed by atoms with van der Waals surface area (Å²) in [6, 6.07) is -0.665. The lowest BCUT2D eigenvalue weighted by Crippen LogP contribution is -2.53. The summed E-state index contributed by atoms with van der Waals surface area (Å²) in [5, 5.41) is 8.73. The molecule has 0 bridgehead atoms. The quantitative estimate of drug-likeness (QED) is 0.408. The molecule has 4 fully saturated rings. The second-order valence-corrected chi connectivity index (χ2v) is 9.53. The van der Waals surface area contributed by atoms with E-state index in [-0.39, 0.29) is 29.6 Å². The van der Waals surface area contributed by atoms with Gasteiger partial charge >= 0.3 is 0 Å². The Morgan fingerprint density at radius 3 is 2.50 bits per heavy atom. The number of hydrogen-bond donors (Lipinski definition) is 4. The molecule has 2 heterocycles. The Bertz CT molecular complexity index is 732. The van der Waals surface area contributed by atoms with Crippen molar-refractivity contribution in [2.24, 2.45) is 40.2 Å². The molecule has 5 N–H and O–H groups in total. The summed E-state index contributed by atoms with van der Waals surface area (Å²) in [4.78, 5) is 50.4. The van der Waals surface area contributed by atoms with Crippen molar-refractivity contribution in [1.82, 2.24) is 16.0 Å². The smallest absolute Gasteiger partial charge is 0.287 e. The summed E-state index contributed by atoms with van der Waals surface area (Å²) in [5.41, 5.74) is 4.67. The van der Waals surface area contributed by atoms with Crippen LogP contribution in [-0.4, -0.2) is 49.2 Å². The number of hydrogen-bond acceptors (Lipinski definition) is 5. The Morgan fingerprint density at radius 1 is 1.25 bits per heavy atom. The highest BCUT2D eigenvalue weighted by molar-refractivity contribution is 6.37. The van der Waals surface area contributed by atoms with Crippen LogP contribution in [0.3, 0.4) is 0 Å². The molecule has 2 saturated carbocycles. The average Bonchev–Trinajstić information content (AvgIpc) is 3.40. The van der Waals surface area contributed by atoms with Crippen molar-refractivity contribution in [2.45, 2.75) is 45.6 Å². The van der Waals surface area contributed by atoms with Gasteiger partial charge in [-0.15, -0.1) is 0 Å². The molecule has 2 aliphatic carbocycles. The van der Waals surface area contributed by atoms with Gasteiger partial charge in [-0.05, 0) is 49.5 Å². The molecule has 0 radical (unpaired) electrons. The molecular weight excluding hydrogens is 360 g/mol. The third-order valence-electron chi connectivity index (χ3n) is 7.82. The van der Waals surface area contributed by atoms with Gasteiger partial charge in [0.25, 0.3) is 5.91 Å². The molecule has 2 saturated heterocycles. The van der Waals surface area contributed by atoms with Crippen LogP contribution < -0.4 is 21.7 Å². The van der Waals surface area contributed by atoms with E-state index < -0.39 is 35.0 Å². The average molecular weight is 390 g/mol. The molecule has 2 aliphatic heterocycles. The van der Waals surface area contributed by atoms with Gasteiger partial charge in [0, 0.05) is 30.3 Å². The van der Waals surface area contributed by atoms with Crippen molar-refractivity contribution in [3.8, 4) is 0 Å². The molecule has 3 unspecified atom stereocenters. The second-order valence-electron chi connectivity index (χ2n) is 9.53. The van der Waals surface area contributed by atoms with E-state index in [2.05, 4.69) is 16.0 Å². The van der Waals surface area contributed by atoms with Crippen molar-refractivity contribution in [3.05, 3.63) is 0 Å². The molecule has 3 amide bonds. The number of ketones is 1. The first-order valence-electron chi connectivity index (χ1n) is 10.3. The summed E-state index contributed by atoms with van der Waals surface area (Å²) in [6.45, 7) is 5.75. The number of primary amides is 1. The molecule has 154 valence electrons. The highest BCUT2D eigenvalue weighted by Gasteiger charge is 2.81.